The highest BCUT2D eigenvalue weighted by atomic mass is 16.7. The number of amides is 1. The van der Waals surface area contributed by atoms with Crippen molar-refractivity contribution in [3.63, 3.8) is 0 Å². The van der Waals surface area contributed by atoms with Crippen LogP contribution in [-0.2, 0) is 35.1 Å². The Morgan fingerprint density at radius 2 is 1.63 bits per heavy atom. The minimum absolute atomic E-state index is 0.0322. The van der Waals surface area contributed by atoms with Crippen LogP contribution in [0.2, 0.25) is 0 Å². The van der Waals surface area contributed by atoms with E-state index in [9.17, 15) is 39.9 Å². The smallest absolute Gasteiger partial charge is 0.312 e. The van der Waals surface area contributed by atoms with E-state index in [1.807, 2.05) is 30.3 Å². The Kier molecular flexibility index (Phi) is 15.1. The highest BCUT2D eigenvalue weighted by Crippen LogP contribution is 2.55. The van der Waals surface area contributed by atoms with Gasteiger partial charge in [-0.15, -0.1) is 0 Å². The van der Waals surface area contributed by atoms with Crippen LogP contribution in [0.4, 0.5) is 5.69 Å². The Labute approximate surface area is 361 Å². The topological polar surface area (TPSA) is 223 Å². The SMILES string of the molecule is CO[C@H]1/C=C\O[C@@]2(C)Oc3c(C)c(O)c4c(O)c(c(/C=N/OCCCc5ccccc5)c(O)c4c3C2=O)NC(=O)/C(C)=C\C=C/[C@H](C)[C@H](O)[C@@H](C)[C@@H](O)[C@@H](C)[C@H](OC(C)=O)[C@@H]1C. The number of aryl methyl sites for hydroxylation is 1. The second-order valence-corrected chi connectivity index (χ2v) is 16.3. The van der Waals surface area contributed by atoms with Gasteiger partial charge in [0.2, 0.25) is 0 Å². The lowest BCUT2D eigenvalue weighted by Crippen LogP contribution is -2.46. The number of anilines is 1. The average Bonchev–Trinajstić information content (AvgIpc) is 3.51. The fourth-order valence-electron chi connectivity index (χ4n) is 8.00. The molecule has 0 unspecified atom stereocenters. The number of esters is 1. The fraction of sp³-hybridized carbons (Fsp3) is 0.447. The average molecular weight is 859 g/mol. The molecular weight excluding hydrogens is 801 g/mol. The van der Waals surface area contributed by atoms with Gasteiger partial charge in [-0.2, -0.15) is 0 Å². The molecule has 3 aliphatic heterocycles. The molecule has 3 aromatic rings. The Balaban J connectivity index is 1.64. The second-order valence-electron chi connectivity index (χ2n) is 16.3. The van der Waals surface area contributed by atoms with Crippen LogP contribution in [0.1, 0.15) is 81.9 Å². The summed E-state index contributed by atoms with van der Waals surface area (Å²) in [4.78, 5) is 46.0. The van der Waals surface area contributed by atoms with E-state index in [4.69, 9.17) is 23.8 Å². The summed E-state index contributed by atoms with van der Waals surface area (Å²) in [5.74, 6) is -8.67. The minimum Gasteiger partial charge on any atom is -0.507 e. The molecule has 3 aliphatic rings. The molecule has 5 bridgehead atoms. The molecule has 0 saturated carbocycles. The summed E-state index contributed by atoms with van der Waals surface area (Å²) in [5.41, 5.74) is 0.484. The van der Waals surface area contributed by atoms with E-state index in [2.05, 4.69) is 10.5 Å². The van der Waals surface area contributed by atoms with E-state index in [0.717, 1.165) is 11.8 Å². The number of carbonyl (C=O) groups excluding carboxylic acids is 3. The van der Waals surface area contributed by atoms with Crippen molar-refractivity contribution < 1.29 is 63.7 Å². The van der Waals surface area contributed by atoms with Crippen molar-refractivity contribution >= 4 is 40.3 Å². The highest BCUT2D eigenvalue weighted by molar-refractivity contribution is 6.23. The van der Waals surface area contributed by atoms with E-state index in [-0.39, 0.29) is 51.1 Å². The first-order valence-electron chi connectivity index (χ1n) is 20.6. The summed E-state index contributed by atoms with van der Waals surface area (Å²) in [6.45, 7) is 12.6. The number of allylic oxidation sites excluding steroid dienone is 2. The van der Waals surface area contributed by atoms with Gasteiger partial charge in [-0.25, -0.2) is 0 Å². The number of methoxy groups -OCH3 is 1. The van der Waals surface area contributed by atoms with Crippen LogP contribution < -0.4 is 10.1 Å². The molecule has 334 valence electrons. The summed E-state index contributed by atoms with van der Waals surface area (Å²) in [7, 11) is 1.43. The molecule has 1 amide bonds. The first-order valence-corrected chi connectivity index (χ1v) is 20.6. The van der Waals surface area contributed by atoms with Gasteiger partial charge in [-0.1, -0.05) is 81.4 Å². The summed E-state index contributed by atoms with van der Waals surface area (Å²) < 4.78 is 23.6. The maximum absolute atomic E-state index is 14.4. The number of rotatable bonds is 8. The van der Waals surface area contributed by atoms with Crippen molar-refractivity contribution in [1.29, 1.82) is 0 Å². The van der Waals surface area contributed by atoms with Crippen LogP contribution in [0.5, 0.6) is 23.0 Å². The number of phenols is 3. The number of hydrogen-bond acceptors (Lipinski definition) is 14. The highest BCUT2D eigenvalue weighted by Gasteiger charge is 2.50. The van der Waals surface area contributed by atoms with Gasteiger partial charge in [-0.05, 0) is 38.3 Å². The van der Waals surface area contributed by atoms with Gasteiger partial charge in [0.05, 0.1) is 53.0 Å². The normalized spacial score (nSPS) is 29.1. The molecule has 0 fully saturated rings. The number of aliphatic hydroxyl groups excluding tert-OH is 2. The van der Waals surface area contributed by atoms with Crippen molar-refractivity contribution in [1.82, 2.24) is 0 Å². The number of oxime groups is 1. The van der Waals surface area contributed by atoms with Crippen LogP contribution in [0.25, 0.3) is 10.8 Å². The van der Waals surface area contributed by atoms with E-state index in [1.54, 1.807) is 39.8 Å². The number of Topliss-reactive ketones (excluding diaryl/α,β-unsaturated/α-hetero) is 1. The Morgan fingerprint density at radius 3 is 2.29 bits per heavy atom. The van der Waals surface area contributed by atoms with Gasteiger partial charge in [0.1, 0.15) is 30.0 Å². The van der Waals surface area contributed by atoms with E-state index in [0.29, 0.717) is 12.8 Å². The Bertz CT molecular complexity index is 2270. The number of phenolic OH excluding ortho intramolecular Hbond substituents is 3. The minimum atomic E-state index is -2.07. The maximum Gasteiger partial charge on any atom is 0.312 e. The zero-order chi connectivity index (χ0) is 45.6. The van der Waals surface area contributed by atoms with E-state index in [1.165, 1.54) is 53.2 Å². The van der Waals surface area contributed by atoms with Crippen LogP contribution in [0, 0.1) is 30.6 Å². The Hall–Kier alpha value is -5.90. The third-order valence-electron chi connectivity index (χ3n) is 11.8. The Morgan fingerprint density at radius 1 is 0.935 bits per heavy atom. The summed E-state index contributed by atoms with van der Waals surface area (Å²) in [5, 5.41) is 64.4. The molecule has 9 atom stereocenters. The van der Waals surface area contributed by atoms with Crippen molar-refractivity contribution in [2.45, 2.75) is 98.4 Å². The number of fused-ring (bicyclic) bond motifs is 14. The molecule has 0 saturated heterocycles. The lowest BCUT2D eigenvalue weighted by molar-refractivity contribution is -0.160. The standard InChI is InChI=1S/C47H58N2O13/c1-24-15-13-16-25(2)46(57)49-37-32(23-48-60-21-14-19-31-17-11-10-12-18-31)41(54)34-35(42(37)55)40(53)29(6)44-36(34)45(56)47(8,62-44)59-22-20-33(58-9)26(3)43(61-30(7)50)28(5)39(52)27(4)38(24)51/h10-13,15-18,20,22-24,26-28,33,38-39,43,51-55H,14,19,21H2,1-9H3,(H,49,57)/b15-13-,22-20-,25-16-,48-23+/t24-,26+,27+,28+,33-,38-,39+,43+,47-/m0/s1. The van der Waals surface area contributed by atoms with Crippen molar-refractivity contribution in [2.24, 2.45) is 28.8 Å². The van der Waals surface area contributed by atoms with Gasteiger partial charge in [-0.3, -0.25) is 14.4 Å². The number of benzene rings is 3. The van der Waals surface area contributed by atoms with Crippen LogP contribution in [0.3, 0.4) is 0 Å². The first kappa shape index (κ1) is 47.2. The lowest BCUT2D eigenvalue weighted by Gasteiger charge is -2.38. The maximum atomic E-state index is 14.4. The second kappa shape index (κ2) is 19.9. The zero-order valence-corrected chi connectivity index (χ0v) is 36.5. The molecule has 0 spiro atoms. The number of hydrogen-bond donors (Lipinski definition) is 6. The summed E-state index contributed by atoms with van der Waals surface area (Å²) in [6.07, 6.45) is 5.84. The van der Waals surface area contributed by atoms with Gasteiger partial charge in [0, 0.05) is 61.2 Å². The van der Waals surface area contributed by atoms with Crippen molar-refractivity contribution in [3.8, 4) is 23.0 Å². The van der Waals surface area contributed by atoms with Crippen LogP contribution >= 0.6 is 0 Å². The van der Waals surface area contributed by atoms with Crippen molar-refractivity contribution in [2.75, 3.05) is 19.0 Å². The predicted molar refractivity (Wildman–Crippen MR) is 232 cm³/mol. The number of ether oxygens (including phenoxy) is 4. The van der Waals surface area contributed by atoms with Crippen LogP contribution in [0.15, 0.2) is 71.6 Å². The lowest BCUT2D eigenvalue weighted by atomic mass is 9.78. The molecule has 0 aromatic heterocycles. The molecule has 0 radical (unpaired) electrons. The molecule has 6 N–H and O–H groups in total. The van der Waals surface area contributed by atoms with Crippen LogP contribution in [-0.4, -0.2) is 93.3 Å². The molecule has 0 aliphatic carbocycles. The van der Waals surface area contributed by atoms with Gasteiger partial charge in [0.25, 0.3) is 11.7 Å². The summed E-state index contributed by atoms with van der Waals surface area (Å²) >= 11 is 0. The van der Waals surface area contributed by atoms with E-state index < -0.39 is 88.8 Å². The molecule has 15 nitrogen and oxygen atoms in total. The number of aromatic hydroxyl groups is 3. The van der Waals surface area contributed by atoms with E-state index >= 15 is 0 Å². The number of nitrogens with zero attached hydrogens (tertiary/aromatic N) is 1. The number of ketones is 1. The van der Waals surface area contributed by atoms with Crippen molar-refractivity contribution in [3.05, 3.63) is 88.7 Å². The first-order chi connectivity index (χ1) is 29.3. The molecule has 3 aromatic carbocycles. The zero-order valence-electron chi connectivity index (χ0n) is 36.5. The quantitative estimate of drug-likeness (QED) is 0.0346. The predicted octanol–water partition coefficient (Wildman–Crippen LogP) is 6.74. The van der Waals surface area contributed by atoms with Gasteiger partial charge < -0.3 is 54.6 Å². The number of aliphatic hydroxyl groups is 2. The number of carbonyl (C=O) groups is 3. The van der Waals surface area contributed by atoms with Gasteiger partial charge in [0.15, 0.2) is 5.75 Å². The van der Waals surface area contributed by atoms with Gasteiger partial charge >= 0.3 is 11.8 Å². The third kappa shape index (κ3) is 9.75. The monoisotopic (exact) mass is 858 g/mol. The molecular formula is C47H58N2O13. The molecule has 62 heavy (non-hydrogen) atoms. The third-order valence-corrected chi connectivity index (χ3v) is 11.8. The largest absolute Gasteiger partial charge is 0.507 e. The fourth-order valence-corrected chi connectivity index (χ4v) is 8.00. The number of nitrogens with one attached hydrogen (secondary N) is 1. The molecule has 6 rings (SSSR count). The molecule has 15 heteroatoms. The molecule has 3 heterocycles. The summed E-state index contributed by atoms with van der Waals surface area (Å²) in [6, 6.07) is 9.77.